The summed E-state index contributed by atoms with van der Waals surface area (Å²) in [4.78, 5) is 40.8. The Hall–Kier alpha value is -1.43. The first-order valence-corrected chi connectivity index (χ1v) is 3.94. The van der Waals surface area contributed by atoms with E-state index in [1.54, 1.807) is 0 Å². The molecule has 14 heavy (non-hydrogen) atoms. The van der Waals surface area contributed by atoms with E-state index in [0.717, 1.165) is 0 Å². The maximum Gasteiger partial charge on any atom is 0.326 e. The van der Waals surface area contributed by atoms with Crippen LogP contribution in [0.1, 0.15) is 12.8 Å². The van der Waals surface area contributed by atoms with Gasteiger partial charge in [-0.3, -0.25) is 9.59 Å². The van der Waals surface area contributed by atoms with E-state index in [9.17, 15) is 19.2 Å². The van der Waals surface area contributed by atoms with Crippen molar-refractivity contribution in [1.29, 1.82) is 0 Å². The lowest BCUT2D eigenvalue weighted by Crippen LogP contribution is -2.19. The van der Waals surface area contributed by atoms with Crippen LogP contribution in [-0.4, -0.2) is 30.3 Å². The molecule has 0 heterocycles. The number of carbonyl (C=O) groups excluding carboxylic acids is 4. The zero-order valence-corrected chi connectivity index (χ0v) is 7.73. The first-order chi connectivity index (χ1) is 6.60. The Balaban J connectivity index is 3.79. The van der Waals surface area contributed by atoms with Gasteiger partial charge in [0.05, 0.1) is 0 Å². The summed E-state index contributed by atoms with van der Waals surface area (Å²) >= 11 is 5.22. The van der Waals surface area contributed by atoms with Gasteiger partial charge in [0.1, 0.15) is 25.4 Å². The molecule has 0 aromatic heterocycles. The molecule has 0 saturated heterocycles. The molecule has 0 radical (unpaired) electrons. The maximum absolute atomic E-state index is 10.6. The van der Waals surface area contributed by atoms with Gasteiger partial charge >= 0.3 is 17.7 Å². The molecule has 78 valence electrons. The molecule has 0 saturated carbocycles. The molecule has 0 unspecified atom stereocenters. The first kappa shape index (κ1) is 12.6. The molecule has 0 spiro atoms. The summed E-state index contributed by atoms with van der Waals surface area (Å²) in [6.45, 7) is 0. The molecule has 0 bridgehead atoms. The summed E-state index contributed by atoms with van der Waals surface area (Å²) in [5.41, 5.74) is 0. The number of alkyl halides is 1. The van der Waals surface area contributed by atoms with Crippen molar-refractivity contribution in [3.05, 3.63) is 0 Å². The Bertz CT molecular complexity index is 214. The van der Waals surface area contributed by atoms with Gasteiger partial charge in [0, 0.05) is 0 Å². The molecule has 6 nitrogen and oxygen atoms in total. The third kappa shape index (κ3) is 6.13. The van der Waals surface area contributed by atoms with Crippen LogP contribution in [0.2, 0.25) is 0 Å². The number of esters is 2. The van der Waals surface area contributed by atoms with Crippen molar-refractivity contribution < 1.29 is 28.7 Å². The number of carbonyl (C=O) groups is 4. The zero-order valence-electron chi connectivity index (χ0n) is 6.97. The monoisotopic (exact) mass is 222 g/mol. The van der Waals surface area contributed by atoms with Crippen LogP contribution in [0.4, 0.5) is 0 Å². The molecular weight excluding hydrogens is 216 g/mol. The highest BCUT2D eigenvalue weighted by molar-refractivity contribution is 6.20. The quantitative estimate of drug-likeness (QED) is 0.203. The van der Waals surface area contributed by atoms with Gasteiger partial charge in [0.25, 0.3) is 0 Å². The second-order valence-corrected chi connectivity index (χ2v) is 2.35. The number of rotatable bonds is 6. The fraction of sp³-hybridized carbons (Fsp3) is 0.429. The van der Waals surface area contributed by atoms with Crippen molar-refractivity contribution in [2.75, 3.05) is 0 Å². The number of halogens is 1. The predicted octanol–water partition coefficient (Wildman–Crippen LogP) is -0.227. The highest BCUT2D eigenvalue weighted by Gasteiger charge is 2.15. The molecule has 0 aromatic carbocycles. The Morgan fingerprint density at radius 1 is 1.07 bits per heavy atom. The topological polar surface area (TPSA) is 86.7 Å². The molecule has 0 amide bonds. The lowest BCUT2D eigenvalue weighted by molar-refractivity contribution is -0.173. The van der Waals surface area contributed by atoms with E-state index in [0.29, 0.717) is 12.6 Å². The van der Waals surface area contributed by atoms with Gasteiger partial charge in [-0.25, -0.2) is 0 Å². The summed E-state index contributed by atoms with van der Waals surface area (Å²) in [6.07, 6.45) is -0.318. The van der Waals surface area contributed by atoms with Crippen molar-refractivity contribution in [2.45, 2.75) is 18.6 Å². The van der Waals surface area contributed by atoms with Gasteiger partial charge in [-0.2, -0.15) is 0 Å². The van der Waals surface area contributed by atoms with Gasteiger partial charge in [-0.1, -0.05) is 0 Å². The fourth-order valence-corrected chi connectivity index (χ4v) is 0.662. The second-order valence-electron chi connectivity index (χ2n) is 2.00. The lowest BCUT2D eigenvalue weighted by Gasteiger charge is -2.09. The maximum atomic E-state index is 10.6. The molecule has 0 N–H and O–H groups in total. The Morgan fingerprint density at radius 2 is 1.43 bits per heavy atom. The van der Waals surface area contributed by atoms with E-state index >= 15 is 0 Å². The minimum atomic E-state index is -1.62. The molecule has 0 aliphatic rings. The van der Waals surface area contributed by atoms with Gasteiger partial charge in [-0.15, -0.1) is 0 Å². The summed E-state index contributed by atoms with van der Waals surface area (Å²) in [5, 5.41) is 0. The molecular formula is C7H7ClO6. The minimum absolute atomic E-state index is 0.319. The smallest absolute Gasteiger partial charge is 0.326 e. The Morgan fingerprint density at radius 3 is 1.71 bits per heavy atom. The summed E-state index contributed by atoms with van der Waals surface area (Å²) in [7, 11) is 0. The van der Waals surface area contributed by atoms with Crippen molar-refractivity contribution in [2.24, 2.45) is 0 Å². The van der Waals surface area contributed by atoms with Crippen LogP contribution in [0.25, 0.3) is 0 Å². The molecule has 0 fully saturated rings. The second kappa shape index (κ2) is 7.02. The van der Waals surface area contributed by atoms with Crippen LogP contribution in [0.3, 0.4) is 0 Å². The highest BCUT2D eigenvalue weighted by atomic mass is 35.5. The van der Waals surface area contributed by atoms with E-state index in [2.05, 4.69) is 9.47 Å². The SMILES string of the molecule is O=CCC(=O)OC(Cl)OC(=O)CC=O. The van der Waals surface area contributed by atoms with Crippen LogP contribution < -0.4 is 0 Å². The molecule has 0 atom stereocenters. The predicted molar refractivity (Wildman–Crippen MR) is 43.2 cm³/mol. The third-order valence-electron chi connectivity index (χ3n) is 0.948. The van der Waals surface area contributed by atoms with E-state index in [1.165, 1.54) is 0 Å². The van der Waals surface area contributed by atoms with Crippen LogP contribution in [-0.2, 0) is 28.7 Å². The van der Waals surface area contributed by atoms with Crippen LogP contribution in [0.15, 0.2) is 0 Å². The van der Waals surface area contributed by atoms with Crippen LogP contribution in [0.5, 0.6) is 0 Å². The molecule has 0 aliphatic heterocycles. The van der Waals surface area contributed by atoms with Crippen LogP contribution in [0, 0.1) is 0 Å². The normalized spacial score (nSPS) is 9.29. The molecule has 0 aromatic rings. The molecule has 0 rings (SSSR count). The Labute approximate surface area is 84.1 Å². The fourth-order valence-electron chi connectivity index (χ4n) is 0.463. The van der Waals surface area contributed by atoms with Crippen molar-refractivity contribution in [3.63, 3.8) is 0 Å². The number of aldehydes is 2. The van der Waals surface area contributed by atoms with E-state index in [-0.39, 0.29) is 0 Å². The van der Waals surface area contributed by atoms with E-state index in [4.69, 9.17) is 11.6 Å². The van der Waals surface area contributed by atoms with E-state index < -0.39 is 30.5 Å². The highest BCUT2D eigenvalue weighted by Crippen LogP contribution is 2.03. The zero-order chi connectivity index (χ0) is 11.0. The van der Waals surface area contributed by atoms with Gasteiger partial charge in [0.2, 0.25) is 0 Å². The van der Waals surface area contributed by atoms with Crippen molar-refractivity contribution in [1.82, 2.24) is 0 Å². The van der Waals surface area contributed by atoms with Crippen LogP contribution >= 0.6 is 11.6 Å². The van der Waals surface area contributed by atoms with Gasteiger partial charge < -0.3 is 19.1 Å². The average molecular weight is 223 g/mol. The molecule has 7 heteroatoms. The standard InChI is InChI=1S/C7H7ClO6/c8-7(13-5(11)1-3-9)14-6(12)2-4-10/h3-4,7H,1-2H2. The first-order valence-electron chi connectivity index (χ1n) is 3.50. The average Bonchev–Trinajstić information content (AvgIpc) is 2.03. The third-order valence-corrected chi connectivity index (χ3v) is 1.13. The largest absolute Gasteiger partial charge is 0.410 e. The lowest BCUT2D eigenvalue weighted by atomic mass is 10.5. The van der Waals surface area contributed by atoms with Crippen molar-refractivity contribution >= 4 is 36.1 Å². The van der Waals surface area contributed by atoms with Gasteiger partial charge in [-0.05, 0) is 11.6 Å². The number of ether oxygens (including phenoxy) is 2. The Kier molecular flexibility index (Phi) is 6.30. The summed E-state index contributed by atoms with van der Waals surface area (Å²) < 4.78 is 8.49. The van der Waals surface area contributed by atoms with Crippen molar-refractivity contribution in [3.8, 4) is 0 Å². The van der Waals surface area contributed by atoms with E-state index in [1.807, 2.05) is 0 Å². The minimum Gasteiger partial charge on any atom is -0.410 e. The summed E-state index contributed by atoms with van der Waals surface area (Å²) in [6, 6.07) is 0. The molecule has 0 aliphatic carbocycles. The number of hydrogen-bond acceptors (Lipinski definition) is 6. The summed E-state index contributed by atoms with van der Waals surface area (Å²) in [5.74, 6) is -3.45. The number of hydrogen-bond donors (Lipinski definition) is 0. The van der Waals surface area contributed by atoms with Gasteiger partial charge in [0.15, 0.2) is 0 Å².